The molecule has 2 aliphatic rings. The molecule has 1 saturated carbocycles. The molecule has 2 amide bonds. The molecule has 1 aliphatic carbocycles. The number of nitrogens with one attached hydrogen (secondary N) is 2. The fourth-order valence-electron chi connectivity index (χ4n) is 4.84. The van der Waals surface area contributed by atoms with Crippen LogP contribution in [0.5, 0.6) is 0 Å². The summed E-state index contributed by atoms with van der Waals surface area (Å²) in [5.41, 5.74) is 0.712. The van der Waals surface area contributed by atoms with Gasteiger partial charge < -0.3 is 15.5 Å². The van der Waals surface area contributed by atoms with Crippen LogP contribution in [0.15, 0.2) is 48.5 Å². The number of likely N-dealkylation sites (tertiary alicyclic amines) is 1. The number of alkyl halides is 3. The monoisotopic (exact) mass is 521 g/mol. The van der Waals surface area contributed by atoms with E-state index < -0.39 is 35.3 Å². The van der Waals surface area contributed by atoms with Gasteiger partial charge in [-0.15, -0.1) is 0 Å². The Morgan fingerprint density at radius 1 is 1.03 bits per heavy atom. The minimum absolute atomic E-state index is 0.0225. The second-order valence-corrected chi connectivity index (χ2v) is 9.66. The van der Waals surface area contributed by atoms with Crippen molar-refractivity contribution in [1.29, 1.82) is 0 Å². The van der Waals surface area contributed by atoms with Crippen molar-refractivity contribution in [3.8, 4) is 0 Å². The number of Topliss-reactive ketones (excluding diaryl/α,β-unsaturated/α-hetero) is 1. The number of anilines is 1. The Bertz CT molecular complexity index is 1120. The quantitative estimate of drug-likeness (QED) is 0.411. The van der Waals surface area contributed by atoms with Gasteiger partial charge >= 0.3 is 6.18 Å². The summed E-state index contributed by atoms with van der Waals surface area (Å²) >= 11 is 5.93. The van der Waals surface area contributed by atoms with Crippen LogP contribution in [0.25, 0.3) is 0 Å². The van der Waals surface area contributed by atoms with E-state index >= 15 is 0 Å². The standard InChI is InChI=1S/C26H27ClF3N3O3/c27-21-14-18(26(28,29)30)8-11-22(21)31-12-13-33-15-20(23(34)25(33)36)24(35)32-19-9-6-17(7-10-19)16-4-2-1-3-5-16/h1-5,8,11,14,17,19-20,31H,6-7,9-10,12-13,15H2,(H,32,35). The predicted octanol–water partition coefficient (Wildman–Crippen LogP) is 4.64. The maximum Gasteiger partial charge on any atom is 0.416 e. The fourth-order valence-corrected chi connectivity index (χ4v) is 5.09. The molecular weight excluding hydrogens is 495 g/mol. The van der Waals surface area contributed by atoms with Gasteiger partial charge in [-0.05, 0) is 55.4 Å². The average molecular weight is 522 g/mol. The number of halogens is 4. The van der Waals surface area contributed by atoms with E-state index in [-0.39, 0.29) is 36.4 Å². The van der Waals surface area contributed by atoms with Gasteiger partial charge in [-0.3, -0.25) is 14.4 Å². The lowest BCUT2D eigenvalue weighted by molar-refractivity contribution is -0.142. The van der Waals surface area contributed by atoms with Crippen LogP contribution >= 0.6 is 11.6 Å². The molecule has 1 atom stereocenters. The van der Waals surface area contributed by atoms with Crippen molar-refractivity contribution in [3.63, 3.8) is 0 Å². The van der Waals surface area contributed by atoms with Gasteiger partial charge in [-0.25, -0.2) is 0 Å². The first kappa shape index (κ1) is 26.0. The van der Waals surface area contributed by atoms with E-state index in [4.69, 9.17) is 11.6 Å². The van der Waals surface area contributed by atoms with Crippen LogP contribution in [0.3, 0.4) is 0 Å². The number of carbonyl (C=O) groups excluding carboxylic acids is 3. The van der Waals surface area contributed by atoms with Crippen LogP contribution in [0.4, 0.5) is 18.9 Å². The third-order valence-electron chi connectivity index (χ3n) is 6.87. The largest absolute Gasteiger partial charge is 0.416 e. The molecule has 192 valence electrons. The molecule has 2 aromatic rings. The van der Waals surface area contributed by atoms with Crippen LogP contribution in [0, 0.1) is 5.92 Å². The van der Waals surface area contributed by atoms with Crippen LogP contribution in [-0.4, -0.2) is 48.2 Å². The van der Waals surface area contributed by atoms with Gasteiger partial charge in [-0.2, -0.15) is 13.2 Å². The summed E-state index contributed by atoms with van der Waals surface area (Å²) < 4.78 is 38.4. The predicted molar refractivity (Wildman–Crippen MR) is 130 cm³/mol. The molecule has 0 bridgehead atoms. The molecule has 0 radical (unpaired) electrons. The normalized spacial score (nSPS) is 22.6. The second-order valence-electron chi connectivity index (χ2n) is 9.25. The number of ketones is 1. The van der Waals surface area contributed by atoms with E-state index in [0.29, 0.717) is 5.92 Å². The van der Waals surface area contributed by atoms with Crippen molar-refractivity contribution < 1.29 is 27.6 Å². The summed E-state index contributed by atoms with van der Waals surface area (Å²) in [7, 11) is 0. The van der Waals surface area contributed by atoms with Gasteiger partial charge in [-0.1, -0.05) is 41.9 Å². The van der Waals surface area contributed by atoms with Crippen LogP contribution < -0.4 is 10.6 Å². The molecular formula is C26H27ClF3N3O3. The molecule has 0 aromatic heterocycles. The van der Waals surface area contributed by atoms with Crippen LogP contribution in [0.2, 0.25) is 5.02 Å². The van der Waals surface area contributed by atoms with Crippen molar-refractivity contribution in [1.82, 2.24) is 10.2 Å². The number of rotatable bonds is 7. The molecule has 1 heterocycles. The minimum atomic E-state index is -4.50. The molecule has 1 unspecified atom stereocenters. The Kier molecular flexibility index (Phi) is 7.88. The van der Waals surface area contributed by atoms with E-state index in [0.717, 1.165) is 37.8 Å². The highest BCUT2D eigenvalue weighted by atomic mass is 35.5. The number of hydrogen-bond donors (Lipinski definition) is 2. The third-order valence-corrected chi connectivity index (χ3v) is 7.18. The van der Waals surface area contributed by atoms with E-state index in [1.807, 2.05) is 18.2 Å². The summed E-state index contributed by atoms with van der Waals surface area (Å²) in [6, 6.07) is 13.2. The number of amides is 2. The van der Waals surface area contributed by atoms with Crippen molar-refractivity contribution >= 4 is 34.9 Å². The molecule has 10 heteroatoms. The maximum atomic E-state index is 12.8. The van der Waals surface area contributed by atoms with Crippen molar-refractivity contribution in [2.24, 2.45) is 5.92 Å². The average Bonchev–Trinajstić information content (AvgIpc) is 3.14. The van der Waals surface area contributed by atoms with E-state index in [9.17, 15) is 27.6 Å². The maximum absolute atomic E-state index is 12.8. The topological polar surface area (TPSA) is 78.5 Å². The summed E-state index contributed by atoms with van der Waals surface area (Å²) in [5, 5.41) is 5.72. The van der Waals surface area contributed by atoms with Crippen molar-refractivity contribution in [2.75, 3.05) is 25.0 Å². The zero-order chi connectivity index (χ0) is 25.9. The summed E-state index contributed by atoms with van der Waals surface area (Å²) in [5.74, 6) is -2.51. The molecule has 2 N–H and O–H groups in total. The molecule has 6 nitrogen and oxygen atoms in total. The minimum Gasteiger partial charge on any atom is -0.382 e. The molecule has 4 rings (SSSR count). The summed E-state index contributed by atoms with van der Waals surface area (Å²) in [6.07, 6.45) is -1.00. The number of nitrogens with zero attached hydrogens (tertiary/aromatic N) is 1. The second kappa shape index (κ2) is 10.9. The third kappa shape index (κ3) is 6.00. The lowest BCUT2D eigenvalue weighted by Gasteiger charge is -2.30. The number of carbonyl (C=O) groups is 3. The molecule has 2 fully saturated rings. The van der Waals surface area contributed by atoms with Crippen molar-refractivity contribution in [2.45, 2.75) is 43.8 Å². The zero-order valence-electron chi connectivity index (χ0n) is 19.5. The number of benzene rings is 2. The number of hydrogen-bond acceptors (Lipinski definition) is 4. The van der Waals surface area contributed by atoms with Gasteiger partial charge in [0.05, 0.1) is 16.3 Å². The molecule has 2 aromatic carbocycles. The fraction of sp³-hybridized carbons (Fsp3) is 0.423. The first-order chi connectivity index (χ1) is 17.1. The first-order valence-corrected chi connectivity index (χ1v) is 12.3. The van der Waals surface area contributed by atoms with E-state index in [2.05, 4.69) is 22.8 Å². The Morgan fingerprint density at radius 2 is 1.72 bits per heavy atom. The van der Waals surface area contributed by atoms with Crippen LogP contribution in [0.1, 0.15) is 42.7 Å². The molecule has 0 spiro atoms. The Balaban J connectivity index is 1.25. The summed E-state index contributed by atoms with van der Waals surface area (Å²) in [4.78, 5) is 38.9. The van der Waals surface area contributed by atoms with Gasteiger partial charge in [0.2, 0.25) is 11.7 Å². The highest BCUT2D eigenvalue weighted by Crippen LogP contribution is 2.34. The van der Waals surface area contributed by atoms with E-state index in [1.54, 1.807) is 0 Å². The lowest BCUT2D eigenvalue weighted by atomic mass is 9.81. The van der Waals surface area contributed by atoms with Gasteiger partial charge in [0, 0.05) is 25.7 Å². The van der Waals surface area contributed by atoms with Gasteiger partial charge in [0.1, 0.15) is 5.92 Å². The van der Waals surface area contributed by atoms with E-state index in [1.165, 1.54) is 16.5 Å². The van der Waals surface area contributed by atoms with Crippen molar-refractivity contribution in [3.05, 3.63) is 64.7 Å². The Morgan fingerprint density at radius 3 is 2.36 bits per heavy atom. The van der Waals surface area contributed by atoms with Crippen LogP contribution in [-0.2, 0) is 20.6 Å². The Labute approximate surface area is 212 Å². The Hall–Kier alpha value is -3.07. The molecule has 36 heavy (non-hydrogen) atoms. The zero-order valence-corrected chi connectivity index (χ0v) is 20.2. The smallest absolute Gasteiger partial charge is 0.382 e. The highest BCUT2D eigenvalue weighted by molar-refractivity contribution is 6.42. The molecule has 1 aliphatic heterocycles. The molecule has 1 saturated heterocycles. The van der Waals surface area contributed by atoms with Gasteiger partial charge in [0.25, 0.3) is 5.91 Å². The first-order valence-electron chi connectivity index (χ1n) is 11.9. The lowest BCUT2D eigenvalue weighted by Crippen LogP contribution is -2.43. The SMILES string of the molecule is O=C(NC1CCC(c2ccccc2)CC1)C1CN(CCNc2ccc(C(F)(F)F)cc2Cl)C(=O)C1=O. The summed E-state index contributed by atoms with van der Waals surface area (Å²) in [6.45, 7) is 0.237. The van der Waals surface area contributed by atoms with Gasteiger partial charge in [0.15, 0.2) is 0 Å². The highest BCUT2D eigenvalue weighted by Gasteiger charge is 2.43.